The van der Waals surface area contributed by atoms with E-state index < -0.39 is 0 Å². The zero-order valence-corrected chi connectivity index (χ0v) is 12.2. The lowest BCUT2D eigenvalue weighted by atomic mass is 10.3. The topological polar surface area (TPSA) is 80.5 Å². The summed E-state index contributed by atoms with van der Waals surface area (Å²) in [6.07, 6.45) is 7.20. The largest absolute Gasteiger partial charge is 0.354 e. The molecule has 1 unspecified atom stereocenters. The molecule has 2 rings (SSSR count). The van der Waals surface area contributed by atoms with E-state index in [0.29, 0.717) is 23.9 Å². The highest BCUT2D eigenvalue weighted by Gasteiger charge is 2.09. The van der Waals surface area contributed by atoms with Gasteiger partial charge >= 0.3 is 0 Å². The Morgan fingerprint density at radius 1 is 1.20 bits per heavy atom. The van der Waals surface area contributed by atoms with Crippen molar-refractivity contribution in [3.8, 4) is 5.95 Å². The van der Waals surface area contributed by atoms with Gasteiger partial charge in [0.2, 0.25) is 17.8 Å². The molecule has 20 heavy (non-hydrogen) atoms. The van der Waals surface area contributed by atoms with E-state index >= 15 is 0 Å². The number of nitrogens with one attached hydrogen (secondary N) is 2. The minimum absolute atomic E-state index is 0.312. The predicted molar refractivity (Wildman–Crippen MR) is 79.1 cm³/mol. The van der Waals surface area contributed by atoms with Gasteiger partial charge in [-0.3, -0.25) is 4.57 Å². The van der Waals surface area contributed by atoms with E-state index in [4.69, 9.17) is 0 Å². The molecule has 108 valence electrons. The molecule has 0 amide bonds. The summed E-state index contributed by atoms with van der Waals surface area (Å²) in [5, 5.41) is 6.47. The van der Waals surface area contributed by atoms with Crippen LogP contribution in [0.2, 0.25) is 0 Å². The Morgan fingerprint density at radius 3 is 2.65 bits per heavy atom. The number of aromatic nitrogens is 5. The van der Waals surface area contributed by atoms with Gasteiger partial charge in [-0.1, -0.05) is 13.8 Å². The van der Waals surface area contributed by atoms with E-state index in [-0.39, 0.29) is 0 Å². The SMILES string of the molecule is CCCNc1nc(NC(C)CC)nc(-n2ccnc2)n1. The smallest absolute Gasteiger partial charge is 0.241 e. The van der Waals surface area contributed by atoms with E-state index in [2.05, 4.69) is 51.3 Å². The molecule has 7 nitrogen and oxygen atoms in total. The molecule has 0 fully saturated rings. The fourth-order valence-electron chi connectivity index (χ4n) is 1.56. The molecular weight excluding hydrogens is 254 g/mol. The highest BCUT2D eigenvalue weighted by molar-refractivity contribution is 5.38. The standard InChI is InChI=1S/C13H21N7/c1-4-6-15-11-17-12(16-10(3)5-2)19-13(18-11)20-8-7-14-9-20/h7-10H,4-6H2,1-3H3,(H2,15,16,17,18,19). The van der Waals surface area contributed by atoms with Gasteiger partial charge in [-0.15, -0.1) is 0 Å². The summed E-state index contributed by atoms with van der Waals surface area (Å²) in [5.41, 5.74) is 0. The normalized spacial score (nSPS) is 12.2. The van der Waals surface area contributed by atoms with Crippen LogP contribution in [0.25, 0.3) is 5.95 Å². The molecular formula is C13H21N7. The number of rotatable bonds is 7. The maximum Gasteiger partial charge on any atom is 0.241 e. The number of hydrogen-bond donors (Lipinski definition) is 2. The van der Waals surface area contributed by atoms with Crippen LogP contribution in [0.3, 0.4) is 0 Å². The minimum atomic E-state index is 0.312. The van der Waals surface area contributed by atoms with E-state index in [1.807, 2.05) is 6.20 Å². The first-order valence-corrected chi connectivity index (χ1v) is 6.97. The van der Waals surface area contributed by atoms with Gasteiger partial charge in [0.1, 0.15) is 6.33 Å². The summed E-state index contributed by atoms with van der Waals surface area (Å²) in [7, 11) is 0. The molecule has 0 aliphatic rings. The molecule has 7 heteroatoms. The molecule has 2 heterocycles. The maximum absolute atomic E-state index is 4.42. The molecule has 0 bridgehead atoms. The molecule has 0 aromatic carbocycles. The molecule has 0 saturated heterocycles. The third-order valence-corrected chi connectivity index (χ3v) is 2.88. The van der Waals surface area contributed by atoms with E-state index in [0.717, 1.165) is 19.4 Å². The molecule has 0 radical (unpaired) electrons. The monoisotopic (exact) mass is 275 g/mol. The lowest BCUT2D eigenvalue weighted by Gasteiger charge is -2.13. The van der Waals surface area contributed by atoms with E-state index in [1.165, 1.54) is 0 Å². The fourth-order valence-corrected chi connectivity index (χ4v) is 1.56. The molecule has 1 atom stereocenters. The Balaban J connectivity index is 2.28. The predicted octanol–water partition coefficient (Wildman–Crippen LogP) is 2.09. The fraction of sp³-hybridized carbons (Fsp3) is 0.538. The third-order valence-electron chi connectivity index (χ3n) is 2.88. The van der Waals surface area contributed by atoms with Crippen molar-refractivity contribution in [3.05, 3.63) is 18.7 Å². The average Bonchev–Trinajstić information content (AvgIpc) is 2.99. The molecule has 2 aromatic heterocycles. The highest BCUT2D eigenvalue weighted by atomic mass is 15.3. The number of nitrogens with zero attached hydrogens (tertiary/aromatic N) is 5. The van der Waals surface area contributed by atoms with Crippen LogP contribution in [0.5, 0.6) is 0 Å². The Hall–Kier alpha value is -2.18. The molecule has 0 aliphatic heterocycles. The first kappa shape index (κ1) is 14.2. The van der Waals surface area contributed by atoms with Gasteiger partial charge in [-0.05, 0) is 19.8 Å². The van der Waals surface area contributed by atoms with Crippen LogP contribution in [0.4, 0.5) is 11.9 Å². The summed E-state index contributed by atoms with van der Waals surface area (Å²) in [4.78, 5) is 17.2. The molecule has 0 aliphatic carbocycles. The van der Waals surface area contributed by atoms with Gasteiger partial charge in [-0.25, -0.2) is 4.98 Å². The zero-order chi connectivity index (χ0) is 14.4. The van der Waals surface area contributed by atoms with Crippen molar-refractivity contribution in [3.63, 3.8) is 0 Å². The second-order valence-electron chi connectivity index (χ2n) is 4.63. The second-order valence-corrected chi connectivity index (χ2v) is 4.63. The Labute approximate surface area is 118 Å². The summed E-state index contributed by atoms with van der Waals surface area (Å²) in [6.45, 7) is 7.14. The second kappa shape index (κ2) is 6.83. The summed E-state index contributed by atoms with van der Waals surface area (Å²) in [6, 6.07) is 0.312. The van der Waals surface area contributed by atoms with Crippen molar-refractivity contribution in [2.75, 3.05) is 17.2 Å². The van der Waals surface area contributed by atoms with Crippen LogP contribution in [0.1, 0.15) is 33.6 Å². The number of anilines is 2. The van der Waals surface area contributed by atoms with Gasteiger partial charge in [0.25, 0.3) is 0 Å². The van der Waals surface area contributed by atoms with Crippen LogP contribution in [-0.2, 0) is 0 Å². The third kappa shape index (κ3) is 3.66. The van der Waals surface area contributed by atoms with Crippen molar-refractivity contribution in [1.29, 1.82) is 0 Å². The van der Waals surface area contributed by atoms with Crippen molar-refractivity contribution in [2.24, 2.45) is 0 Å². The summed E-state index contributed by atoms with van der Waals surface area (Å²) < 4.78 is 1.76. The maximum atomic E-state index is 4.42. The van der Waals surface area contributed by atoms with Crippen LogP contribution in [0.15, 0.2) is 18.7 Å². The average molecular weight is 275 g/mol. The van der Waals surface area contributed by atoms with Crippen LogP contribution >= 0.6 is 0 Å². The summed E-state index contributed by atoms with van der Waals surface area (Å²) in [5.74, 6) is 1.72. The van der Waals surface area contributed by atoms with E-state index in [9.17, 15) is 0 Å². The van der Waals surface area contributed by atoms with Gasteiger partial charge in [0, 0.05) is 25.0 Å². The number of hydrogen-bond acceptors (Lipinski definition) is 6. The van der Waals surface area contributed by atoms with Crippen molar-refractivity contribution < 1.29 is 0 Å². The van der Waals surface area contributed by atoms with Gasteiger partial charge in [-0.2, -0.15) is 15.0 Å². The zero-order valence-electron chi connectivity index (χ0n) is 12.2. The first-order valence-electron chi connectivity index (χ1n) is 6.97. The highest BCUT2D eigenvalue weighted by Crippen LogP contribution is 2.11. The van der Waals surface area contributed by atoms with Crippen LogP contribution in [-0.4, -0.2) is 37.1 Å². The summed E-state index contributed by atoms with van der Waals surface area (Å²) >= 11 is 0. The Morgan fingerprint density at radius 2 is 2.00 bits per heavy atom. The number of imidazole rings is 1. The minimum Gasteiger partial charge on any atom is -0.354 e. The molecule has 0 saturated carbocycles. The van der Waals surface area contributed by atoms with E-state index in [1.54, 1.807) is 17.1 Å². The van der Waals surface area contributed by atoms with Crippen LogP contribution in [0, 0.1) is 0 Å². The van der Waals surface area contributed by atoms with Gasteiger partial charge < -0.3 is 10.6 Å². The Bertz CT molecular complexity index is 524. The van der Waals surface area contributed by atoms with Crippen molar-refractivity contribution in [1.82, 2.24) is 24.5 Å². The van der Waals surface area contributed by atoms with Gasteiger partial charge in [0.15, 0.2) is 0 Å². The van der Waals surface area contributed by atoms with Crippen LogP contribution < -0.4 is 10.6 Å². The lowest BCUT2D eigenvalue weighted by molar-refractivity contribution is 0.747. The Kier molecular flexibility index (Phi) is 4.86. The molecule has 0 spiro atoms. The quantitative estimate of drug-likeness (QED) is 0.805. The van der Waals surface area contributed by atoms with Crippen molar-refractivity contribution >= 4 is 11.9 Å². The van der Waals surface area contributed by atoms with Crippen molar-refractivity contribution in [2.45, 2.75) is 39.7 Å². The molecule has 2 N–H and O–H groups in total. The molecule has 2 aromatic rings. The lowest BCUT2D eigenvalue weighted by Crippen LogP contribution is -2.18. The van der Waals surface area contributed by atoms with Gasteiger partial charge in [0.05, 0.1) is 0 Å². The first-order chi connectivity index (χ1) is 9.72.